The van der Waals surface area contributed by atoms with Gasteiger partial charge in [0.2, 0.25) is 5.91 Å². The lowest BCUT2D eigenvalue weighted by atomic mass is 10.1. The summed E-state index contributed by atoms with van der Waals surface area (Å²) in [7, 11) is 2.07. The predicted octanol–water partition coefficient (Wildman–Crippen LogP) is 4.17. The lowest BCUT2D eigenvalue weighted by Crippen LogP contribution is -2.36. The first kappa shape index (κ1) is 19.1. The summed E-state index contributed by atoms with van der Waals surface area (Å²) < 4.78 is 0. The molecule has 4 nitrogen and oxygen atoms in total. The molecule has 3 rings (SSSR count). The van der Waals surface area contributed by atoms with Gasteiger partial charge in [-0.3, -0.25) is 9.79 Å². The smallest absolute Gasteiger partial charge is 0.226 e. The second-order valence-corrected chi connectivity index (χ2v) is 7.81. The van der Waals surface area contributed by atoms with Crippen LogP contribution in [0.5, 0.6) is 0 Å². The maximum absolute atomic E-state index is 12.3. The molecular formula is C18H26ClN3OS. The van der Waals surface area contributed by atoms with Crippen LogP contribution in [0.25, 0.3) is 0 Å². The van der Waals surface area contributed by atoms with Crippen molar-refractivity contribution in [1.82, 2.24) is 4.90 Å². The van der Waals surface area contributed by atoms with Crippen LogP contribution in [0.1, 0.15) is 39.0 Å². The van der Waals surface area contributed by atoms with E-state index in [4.69, 9.17) is 4.99 Å². The molecule has 2 atom stereocenters. The van der Waals surface area contributed by atoms with E-state index in [0.717, 1.165) is 10.9 Å². The second-order valence-electron chi connectivity index (χ2n) is 6.47. The molecule has 0 spiro atoms. The van der Waals surface area contributed by atoms with Gasteiger partial charge in [-0.15, -0.1) is 12.4 Å². The number of amides is 1. The van der Waals surface area contributed by atoms with Crippen molar-refractivity contribution in [1.29, 1.82) is 0 Å². The number of amidine groups is 1. The minimum absolute atomic E-state index is 0. The van der Waals surface area contributed by atoms with Gasteiger partial charge in [-0.2, -0.15) is 0 Å². The number of benzene rings is 1. The molecule has 1 aliphatic heterocycles. The fourth-order valence-electron chi connectivity index (χ4n) is 3.32. The number of halogens is 1. The van der Waals surface area contributed by atoms with Crippen molar-refractivity contribution in [3.05, 3.63) is 30.3 Å². The third-order valence-corrected chi connectivity index (χ3v) is 5.99. The maximum Gasteiger partial charge on any atom is 0.226 e. The summed E-state index contributed by atoms with van der Waals surface area (Å²) in [5, 5.41) is 4.49. The zero-order valence-corrected chi connectivity index (χ0v) is 15.9. The monoisotopic (exact) mass is 367 g/mol. The first-order valence-electron chi connectivity index (χ1n) is 8.45. The van der Waals surface area contributed by atoms with Crippen molar-refractivity contribution in [2.75, 3.05) is 12.4 Å². The van der Waals surface area contributed by atoms with Crippen LogP contribution in [-0.2, 0) is 4.79 Å². The minimum Gasteiger partial charge on any atom is -0.350 e. The zero-order valence-electron chi connectivity index (χ0n) is 14.3. The minimum atomic E-state index is 0. The molecule has 1 saturated carbocycles. The van der Waals surface area contributed by atoms with Crippen molar-refractivity contribution in [3.63, 3.8) is 0 Å². The number of nitrogens with zero attached hydrogens (tertiary/aromatic N) is 2. The highest BCUT2D eigenvalue weighted by molar-refractivity contribution is 8.14. The standard InChI is InChI=1S/C18H25N3OS.ClH/c1-13-16(12-17(22)19-14-8-4-3-5-9-14)21(2)18(23-13)20-15-10-6-7-11-15;/h3-5,8-9,13,15-16H,6-7,10-12H2,1-2H3,(H,19,22);1H/b20-18-;. The van der Waals surface area contributed by atoms with Crippen molar-refractivity contribution in [2.45, 2.75) is 56.4 Å². The van der Waals surface area contributed by atoms with E-state index in [2.05, 4.69) is 24.2 Å². The van der Waals surface area contributed by atoms with Gasteiger partial charge in [-0.25, -0.2) is 0 Å². The van der Waals surface area contributed by atoms with Crippen LogP contribution in [0.2, 0.25) is 0 Å². The molecule has 0 bridgehead atoms. The van der Waals surface area contributed by atoms with Crippen LogP contribution >= 0.6 is 24.2 Å². The largest absolute Gasteiger partial charge is 0.350 e. The number of nitrogens with one attached hydrogen (secondary N) is 1. The van der Waals surface area contributed by atoms with Crippen molar-refractivity contribution < 1.29 is 4.79 Å². The molecule has 1 amide bonds. The Labute approximate surface area is 154 Å². The second kappa shape index (κ2) is 8.77. The van der Waals surface area contributed by atoms with Gasteiger partial charge in [0.1, 0.15) is 0 Å². The molecule has 132 valence electrons. The number of carbonyl (C=O) groups excluding carboxylic acids is 1. The lowest BCUT2D eigenvalue weighted by Gasteiger charge is -2.23. The number of rotatable bonds is 4. The number of para-hydroxylation sites is 1. The quantitative estimate of drug-likeness (QED) is 0.868. The molecule has 2 aliphatic rings. The summed E-state index contributed by atoms with van der Waals surface area (Å²) in [6.07, 6.45) is 5.53. The molecule has 1 saturated heterocycles. The summed E-state index contributed by atoms with van der Waals surface area (Å²) in [4.78, 5) is 19.5. The van der Waals surface area contributed by atoms with Crippen LogP contribution < -0.4 is 5.32 Å². The third-order valence-electron chi connectivity index (χ3n) is 4.70. The molecule has 0 aromatic heterocycles. The number of hydrogen-bond acceptors (Lipinski definition) is 3. The molecule has 1 aromatic rings. The van der Waals surface area contributed by atoms with Crippen LogP contribution in [0.4, 0.5) is 5.69 Å². The number of aliphatic imine (C=N–C) groups is 1. The Balaban J connectivity index is 0.00000208. The first-order chi connectivity index (χ1) is 11.1. The van der Waals surface area contributed by atoms with E-state index in [1.165, 1.54) is 25.7 Å². The number of hydrogen-bond donors (Lipinski definition) is 1. The average Bonchev–Trinajstić information content (AvgIpc) is 3.13. The highest BCUT2D eigenvalue weighted by Crippen LogP contribution is 2.34. The number of carbonyl (C=O) groups is 1. The molecule has 0 radical (unpaired) electrons. The summed E-state index contributed by atoms with van der Waals surface area (Å²) in [6, 6.07) is 10.4. The Bertz CT molecular complexity index is 575. The molecule has 1 heterocycles. The molecule has 24 heavy (non-hydrogen) atoms. The van der Waals surface area contributed by atoms with Crippen LogP contribution in [0.15, 0.2) is 35.3 Å². The van der Waals surface area contributed by atoms with Crippen LogP contribution in [0.3, 0.4) is 0 Å². The summed E-state index contributed by atoms with van der Waals surface area (Å²) in [5.41, 5.74) is 0.860. The van der Waals surface area contributed by atoms with Gasteiger partial charge in [0.05, 0.1) is 12.1 Å². The fourth-order valence-corrected chi connectivity index (χ4v) is 4.60. The highest BCUT2D eigenvalue weighted by Gasteiger charge is 2.36. The van der Waals surface area contributed by atoms with Gasteiger partial charge >= 0.3 is 0 Å². The van der Waals surface area contributed by atoms with Crippen molar-refractivity contribution in [3.8, 4) is 0 Å². The van der Waals surface area contributed by atoms with Crippen molar-refractivity contribution >= 4 is 40.9 Å². The summed E-state index contributed by atoms with van der Waals surface area (Å²) >= 11 is 1.81. The highest BCUT2D eigenvalue weighted by atomic mass is 35.5. The molecule has 2 fully saturated rings. The fraction of sp³-hybridized carbons (Fsp3) is 0.556. The summed E-state index contributed by atoms with van der Waals surface area (Å²) in [5.74, 6) is 0.0719. The molecule has 1 aromatic carbocycles. The van der Waals surface area contributed by atoms with Gasteiger partial charge in [0, 0.05) is 24.4 Å². The van der Waals surface area contributed by atoms with E-state index in [-0.39, 0.29) is 24.4 Å². The Hall–Kier alpha value is -1.20. The molecule has 2 unspecified atom stereocenters. The van der Waals surface area contributed by atoms with Crippen LogP contribution in [0, 0.1) is 0 Å². The van der Waals surface area contributed by atoms with E-state index in [9.17, 15) is 4.79 Å². The maximum atomic E-state index is 12.3. The third kappa shape index (κ3) is 4.67. The van der Waals surface area contributed by atoms with E-state index < -0.39 is 0 Å². The number of thioether (sulfide) groups is 1. The Morgan fingerprint density at radius 2 is 1.96 bits per heavy atom. The molecule has 1 aliphatic carbocycles. The Morgan fingerprint density at radius 3 is 2.62 bits per heavy atom. The number of anilines is 1. The van der Waals surface area contributed by atoms with E-state index in [1.54, 1.807) is 0 Å². The van der Waals surface area contributed by atoms with Gasteiger partial charge < -0.3 is 10.2 Å². The topological polar surface area (TPSA) is 44.7 Å². The Morgan fingerprint density at radius 1 is 1.29 bits per heavy atom. The average molecular weight is 368 g/mol. The predicted molar refractivity (Wildman–Crippen MR) is 105 cm³/mol. The van der Waals surface area contributed by atoms with Gasteiger partial charge in [0.25, 0.3) is 0 Å². The van der Waals surface area contributed by atoms with E-state index >= 15 is 0 Å². The van der Waals surface area contributed by atoms with Gasteiger partial charge in [0.15, 0.2) is 5.17 Å². The SMILES string of the molecule is CC1S/C(=N\C2CCCC2)N(C)C1CC(=O)Nc1ccccc1.Cl. The van der Waals surface area contributed by atoms with E-state index in [1.807, 2.05) is 42.1 Å². The normalized spacial score (nSPS) is 25.8. The molecule has 1 N–H and O–H groups in total. The zero-order chi connectivity index (χ0) is 16.2. The lowest BCUT2D eigenvalue weighted by molar-refractivity contribution is -0.117. The van der Waals surface area contributed by atoms with Gasteiger partial charge in [-0.1, -0.05) is 49.7 Å². The van der Waals surface area contributed by atoms with Gasteiger partial charge in [-0.05, 0) is 25.0 Å². The molecule has 6 heteroatoms. The van der Waals surface area contributed by atoms with Crippen molar-refractivity contribution in [2.24, 2.45) is 4.99 Å². The first-order valence-corrected chi connectivity index (χ1v) is 9.33. The van der Waals surface area contributed by atoms with E-state index in [0.29, 0.717) is 17.7 Å². The summed E-state index contributed by atoms with van der Waals surface area (Å²) in [6.45, 7) is 2.19. The van der Waals surface area contributed by atoms with Crippen LogP contribution in [-0.4, -0.2) is 40.4 Å². The Kier molecular flexibility index (Phi) is 6.99. The molecular weight excluding hydrogens is 342 g/mol.